The van der Waals surface area contributed by atoms with Crippen LogP contribution in [0.2, 0.25) is 0 Å². The number of carbonyl (C=O) groups is 1. The number of hydrogen-bond acceptors (Lipinski definition) is 6. The largest absolute Gasteiger partial charge is 0.463 e. The van der Waals surface area contributed by atoms with Crippen LogP contribution in [0.25, 0.3) is 17.1 Å². The van der Waals surface area contributed by atoms with Crippen LogP contribution in [0.15, 0.2) is 92.1 Å². The Morgan fingerprint density at radius 3 is 2.77 bits per heavy atom. The second-order valence-corrected chi connectivity index (χ2v) is 7.94. The van der Waals surface area contributed by atoms with Crippen LogP contribution in [0, 0.1) is 0 Å². The number of nitrogens with zero attached hydrogens (tertiary/aromatic N) is 4. The molecule has 0 aliphatic rings. The highest BCUT2D eigenvalue weighted by atomic mass is 79.9. The van der Waals surface area contributed by atoms with Crippen LogP contribution in [-0.2, 0) is 4.79 Å². The number of carbonyl (C=O) groups excluding carboxylic acids is 1. The van der Waals surface area contributed by atoms with Gasteiger partial charge in [0.05, 0.1) is 18.2 Å². The lowest BCUT2D eigenvalue weighted by atomic mass is 10.2. The van der Waals surface area contributed by atoms with Gasteiger partial charge in [0.15, 0.2) is 11.0 Å². The molecule has 2 heterocycles. The zero-order valence-electron chi connectivity index (χ0n) is 15.6. The average molecular weight is 482 g/mol. The molecule has 0 unspecified atom stereocenters. The fourth-order valence-electron chi connectivity index (χ4n) is 2.68. The maximum Gasteiger partial charge on any atom is 0.250 e. The van der Waals surface area contributed by atoms with Gasteiger partial charge in [0, 0.05) is 15.7 Å². The molecular formula is C21H16BrN5O2S. The molecule has 0 spiro atoms. The highest BCUT2D eigenvalue weighted by Gasteiger charge is 2.17. The normalized spacial score (nSPS) is 11.1. The van der Waals surface area contributed by atoms with Gasteiger partial charge in [-0.1, -0.05) is 58.0 Å². The quantitative estimate of drug-likeness (QED) is 0.238. The maximum absolute atomic E-state index is 12.2. The number of aromatic nitrogens is 3. The van der Waals surface area contributed by atoms with E-state index in [4.69, 9.17) is 4.42 Å². The van der Waals surface area contributed by atoms with Crippen molar-refractivity contribution >= 4 is 39.8 Å². The van der Waals surface area contributed by atoms with E-state index in [9.17, 15) is 4.79 Å². The first-order valence-electron chi connectivity index (χ1n) is 8.96. The van der Waals surface area contributed by atoms with E-state index < -0.39 is 0 Å². The number of halogens is 1. The van der Waals surface area contributed by atoms with E-state index in [0.29, 0.717) is 16.7 Å². The van der Waals surface area contributed by atoms with Gasteiger partial charge in [-0.15, -0.1) is 10.2 Å². The summed E-state index contributed by atoms with van der Waals surface area (Å²) in [6, 6.07) is 21.1. The summed E-state index contributed by atoms with van der Waals surface area (Å²) < 4.78 is 8.02. The van der Waals surface area contributed by atoms with Crippen LogP contribution in [0.3, 0.4) is 0 Å². The summed E-state index contributed by atoms with van der Waals surface area (Å²) in [6.45, 7) is 0. The molecule has 0 fully saturated rings. The molecule has 0 atom stereocenters. The van der Waals surface area contributed by atoms with Crippen LogP contribution >= 0.6 is 27.7 Å². The van der Waals surface area contributed by atoms with Crippen molar-refractivity contribution in [3.63, 3.8) is 0 Å². The predicted octanol–water partition coefficient (Wildman–Crippen LogP) is 4.53. The minimum absolute atomic E-state index is 0.138. The smallest absolute Gasteiger partial charge is 0.250 e. The lowest BCUT2D eigenvalue weighted by molar-refractivity contribution is -0.118. The standard InChI is InChI=1S/C21H16BrN5O2S/c22-16-7-4-6-15(12-16)20-25-26-21(27(20)17-8-2-1-3-9-17)30-14-19(28)24-23-13-18-10-5-11-29-18/h1-13H,14H2,(H,24,28)/b23-13+. The molecule has 0 aliphatic carbocycles. The van der Waals surface area contributed by atoms with Crippen LogP contribution < -0.4 is 5.43 Å². The molecule has 4 rings (SSSR count). The maximum atomic E-state index is 12.2. The Hall–Kier alpha value is -3.17. The number of furan rings is 1. The van der Waals surface area contributed by atoms with E-state index in [1.807, 2.05) is 59.2 Å². The third-order valence-corrected chi connectivity index (χ3v) is 5.41. The van der Waals surface area contributed by atoms with Gasteiger partial charge in [0.1, 0.15) is 5.76 Å². The summed E-state index contributed by atoms with van der Waals surface area (Å²) in [4.78, 5) is 12.2. The number of para-hydroxylation sites is 1. The lowest BCUT2D eigenvalue weighted by Gasteiger charge is -2.10. The monoisotopic (exact) mass is 481 g/mol. The topological polar surface area (TPSA) is 85.3 Å². The van der Waals surface area contributed by atoms with Crippen molar-refractivity contribution in [2.24, 2.45) is 5.10 Å². The lowest BCUT2D eigenvalue weighted by Crippen LogP contribution is -2.19. The second kappa shape index (κ2) is 9.55. The van der Waals surface area contributed by atoms with Gasteiger partial charge in [0.25, 0.3) is 5.91 Å². The van der Waals surface area contributed by atoms with Gasteiger partial charge in [-0.2, -0.15) is 5.10 Å². The number of benzene rings is 2. The highest BCUT2D eigenvalue weighted by Crippen LogP contribution is 2.29. The summed E-state index contributed by atoms with van der Waals surface area (Å²) in [7, 11) is 0. The van der Waals surface area contributed by atoms with Gasteiger partial charge in [-0.05, 0) is 36.4 Å². The number of amides is 1. The van der Waals surface area contributed by atoms with Gasteiger partial charge < -0.3 is 4.42 Å². The van der Waals surface area contributed by atoms with Gasteiger partial charge in [-0.3, -0.25) is 9.36 Å². The van der Waals surface area contributed by atoms with E-state index in [-0.39, 0.29) is 11.7 Å². The Morgan fingerprint density at radius 2 is 2.00 bits per heavy atom. The van der Waals surface area contributed by atoms with Crippen molar-refractivity contribution < 1.29 is 9.21 Å². The Kier molecular flexibility index (Phi) is 6.41. The second-order valence-electron chi connectivity index (χ2n) is 6.08. The Morgan fingerprint density at radius 1 is 1.13 bits per heavy atom. The molecular weight excluding hydrogens is 466 g/mol. The predicted molar refractivity (Wildman–Crippen MR) is 120 cm³/mol. The first kappa shape index (κ1) is 20.1. The number of thioether (sulfide) groups is 1. The van der Waals surface area contributed by atoms with Gasteiger partial charge >= 0.3 is 0 Å². The van der Waals surface area contributed by atoms with E-state index in [1.54, 1.807) is 12.1 Å². The fourth-order valence-corrected chi connectivity index (χ4v) is 3.83. The molecule has 0 radical (unpaired) electrons. The third kappa shape index (κ3) is 4.87. The van der Waals surface area contributed by atoms with E-state index in [2.05, 4.69) is 36.7 Å². The summed E-state index contributed by atoms with van der Waals surface area (Å²) in [5, 5.41) is 13.2. The van der Waals surface area contributed by atoms with Gasteiger partial charge in [0.2, 0.25) is 0 Å². The van der Waals surface area contributed by atoms with Crippen molar-refractivity contribution in [2.45, 2.75) is 5.16 Å². The van der Waals surface area contributed by atoms with Crippen LogP contribution in [0.4, 0.5) is 0 Å². The molecule has 1 N–H and O–H groups in total. The van der Waals surface area contributed by atoms with E-state index in [1.165, 1.54) is 24.2 Å². The van der Waals surface area contributed by atoms with Crippen LogP contribution in [-0.4, -0.2) is 32.6 Å². The van der Waals surface area contributed by atoms with Crippen molar-refractivity contribution in [1.29, 1.82) is 0 Å². The molecule has 0 saturated carbocycles. The number of hydrogen-bond donors (Lipinski definition) is 1. The molecule has 2 aromatic carbocycles. The summed E-state index contributed by atoms with van der Waals surface area (Å²) >= 11 is 4.79. The van der Waals surface area contributed by atoms with Crippen LogP contribution in [0.1, 0.15) is 5.76 Å². The van der Waals surface area contributed by atoms with Gasteiger partial charge in [-0.25, -0.2) is 5.43 Å². The van der Waals surface area contributed by atoms with E-state index >= 15 is 0 Å². The zero-order chi connectivity index (χ0) is 20.8. The summed E-state index contributed by atoms with van der Waals surface area (Å²) in [6.07, 6.45) is 2.98. The van der Waals surface area contributed by atoms with Crippen molar-refractivity contribution in [1.82, 2.24) is 20.2 Å². The van der Waals surface area contributed by atoms with E-state index in [0.717, 1.165) is 15.7 Å². The first-order valence-corrected chi connectivity index (χ1v) is 10.7. The molecule has 2 aromatic heterocycles. The molecule has 0 bridgehead atoms. The molecule has 1 amide bonds. The Bertz CT molecular complexity index is 1160. The average Bonchev–Trinajstić information content (AvgIpc) is 3.43. The van der Waals surface area contributed by atoms with Crippen LogP contribution in [0.5, 0.6) is 0 Å². The minimum atomic E-state index is -0.255. The SMILES string of the molecule is O=C(CSc1nnc(-c2cccc(Br)c2)n1-c1ccccc1)N/N=C/c1ccco1. The number of rotatable bonds is 7. The first-order chi connectivity index (χ1) is 14.7. The summed E-state index contributed by atoms with van der Waals surface area (Å²) in [5.41, 5.74) is 4.31. The molecule has 7 nitrogen and oxygen atoms in total. The summed E-state index contributed by atoms with van der Waals surface area (Å²) in [5.74, 6) is 1.14. The molecule has 150 valence electrons. The molecule has 0 saturated heterocycles. The molecule has 30 heavy (non-hydrogen) atoms. The minimum Gasteiger partial charge on any atom is -0.463 e. The van der Waals surface area contributed by atoms with Crippen molar-refractivity contribution in [3.05, 3.63) is 83.2 Å². The Balaban J connectivity index is 1.54. The van der Waals surface area contributed by atoms with Crippen molar-refractivity contribution in [2.75, 3.05) is 5.75 Å². The molecule has 4 aromatic rings. The number of hydrazone groups is 1. The molecule has 0 aliphatic heterocycles. The highest BCUT2D eigenvalue weighted by molar-refractivity contribution is 9.10. The molecule has 9 heteroatoms. The zero-order valence-corrected chi connectivity index (χ0v) is 18.0. The van der Waals surface area contributed by atoms with Crippen molar-refractivity contribution in [3.8, 4) is 17.1 Å². The number of nitrogens with one attached hydrogen (secondary N) is 1. The third-order valence-electron chi connectivity index (χ3n) is 3.99. The fraction of sp³-hybridized carbons (Fsp3) is 0.0476. The Labute approximate surface area is 185 Å².